The number of halogens is 2. The molecule has 1 fully saturated rings. The highest BCUT2D eigenvalue weighted by molar-refractivity contribution is 8.00. The number of nitrogens with zero attached hydrogens (tertiary/aromatic N) is 2. The van der Waals surface area contributed by atoms with Gasteiger partial charge in [-0.25, -0.2) is 4.90 Å². The minimum Gasteiger partial charge on any atom is -0.497 e. The Morgan fingerprint density at radius 3 is 2.27 bits per heavy atom. The predicted octanol–water partition coefficient (Wildman–Crippen LogP) is 5.68. The number of hydrogen-bond acceptors (Lipinski definition) is 9. The number of thiazole rings is 1. The molecular weight excluding hydrogens is 661 g/mol. The number of anilines is 2. The summed E-state index contributed by atoms with van der Waals surface area (Å²) < 4.78 is 17.5. The van der Waals surface area contributed by atoms with Gasteiger partial charge in [0.1, 0.15) is 17.5 Å². The number of amides is 3. The van der Waals surface area contributed by atoms with Crippen molar-refractivity contribution in [2.45, 2.75) is 22.7 Å². The number of methoxy groups -OCH3 is 3. The molecule has 14 heteroatoms. The summed E-state index contributed by atoms with van der Waals surface area (Å²) in [5, 5.41) is 2.94. The summed E-state index contributed by atoms with van der Waals surface area (Å²) in [7, 11) is 4.55. The molecule has 0 aliphatic carbocycles. The second-order valence-electron chi connectivity index (χ2n) is 10.2. The average Bonchev–Trinajstić information content (AvgIpc) is 3.48. The van der Waals surface area contributed by atoms with Gasteiger partial charge >= 0.3 is 4.87 Å². The molecule has 1 saturated heterocycles. The number of thioether (sulfide) groups is 1. The fraction of sp³-hybridized carbons (Fsp3) is 0.226. The van der Waals surface area contributed by atoms with E-state index in [1.54, 1.807) is 54.6 Å². The SMILES string of the molecule is COc1ccc(N2C(=O)C3Sc4c(sc(=O)n4CC(=O)Nc4ccc(Cl)c(Cl)c4)[C@H](c4ccc(OC)c(OC)c4)C3C2=O)cc1. The van der Waals surface area contributed by atoms with E-state index in [9.17, 15) is 19.2 Å². The normalized spacial score (nSPS) is 18.8. The Morgan fingerprint density at radius 1 is 0.867 bits per heavy atom. The van der Waals surface area contributed by atoms with Gasteiger partial charge in [0.15, 0.2) is 11.5 Å². The van der Waals surface area contributed by atoms with Crippen molar-refractivity contribution in [1.29, 1.82) is 0 Å². The number of benzene rings is 3. The van der Waals surface area contributed by atoms with Crippen LogP contribution < -0.4 is 29.3 Å². The lowest BCUT2D eigenvalue weighted by Crippen LogP contribution is -2.33. The molecule has 0 saturated carbocycles. The molecule has 0 radical (unpaired) electrons. The van der Waals surface area contributed by atoms with Crippen molar-refractivity contribution in [2.75, 3.05) is 31.5 Å². The van der Waals surface area contributed by atoms with E-state index in [1.807, 2.05) is 0 Å². The van der Waals surface area contributed by atoms with Gasteiger partial charge in [0.2, 0.25) is 17.7 Å². The van der Waals surface area contributed by atoms with E-state index < -0.39 is 39.7 Å². The summed E-state index contributed by atoms with van der Waals surface area (Å²) in [6, 6.07) is 16.6. The molecule has 0 bridgehead atoms. The number of imide groups is 1. The van der Waals surface area contributed by atoms with Crippen LogP contribution in [0.3, 0.4) is 0 Å². The number of carbonyl (C=O) groups excluding carboxylic acids is 3. The van der Waals surface area contributed by atoms with Gasteiger partial charge < -0.3 is 19.5 Å². The molecule has 2 unspecified atom stereocenters. The second-order valence-corrected chi connectivity index (χ2v) is 13.1. The van der Waals surface area contributed by atoms with Crippen molar-refractivity contribution in [3.05, 3.63) is 90.8 Å². The fourth-order valence-corrected chi connectivity index (χ4v) is 8.64. The summed E-state index contributed by atoms with van der Waals surface area (Å²) in [5.41, 5.74) is 1.48. The smallest absolute Gasteiger partial charge is 0.308 e. The molecule has 1 aromatic heterocycles. The molecule has 3 amide bonds. The Balaban J connectivity index is 1.42. The first-order valence-corrected chi connectivity index (χ1v) is 16.0. The molecule has 2 aliphatic heterocycles. The average molecular weight is 687 g/mol. The van der Waals surface area contributed by atoms with Crippen molar-refractivity contribution >= 4 is 75.4 Å². The molecule has 232 valence electrons. The first kappa shape index (κ1) is 31.0. The Morgan fingerprint density at radius 2 is 1.60 bits per heavy atom. The van der Waals surface area contributed by atoms with Crippen LogP contribution in [0.4, 0.5) is 11.4 Å². The quantitative estimate of drug-likeness (QED) is 0.236. The van der Waals surface area contributed by atoms with E-state index in [2.05, 4.69) is 5.32 Å². The summed E-state index contributed by atoms with van der Waals surface area (Å²) >= 11 is 14.2. The van der Waals surface area contributed by atoms with E-state index >= 15 is 0 Å². The van der Waals surface area contributed by atoms with Crippen LogP contribution in [0, 0.1) is 5.92 Å². The minimum absolute atomic E-state index is 0.268. The Hall–Kier alpha value is -3.97. The van der Waals surface area contributed by atoms with Crippen LogP contribution in [0.5, 0.6) is 17.2 Å². The fourth-order valence-electron chi connectivity index (χ4n) is 5.56. The van der Waals surface area contributed by atoms with Gasteiger partial charge in [0.05, 0.1) is 48.0 Å². The third-order valence-electron chi connectivity index (χ3n) is 7.65. The number of fused-ring (bicyclic) bond motifs is 2. The first-order chi connectivity index (χ1) is 21.6. The minimum atomic E-state index is -0.858. The van der Waals surface area contributed by atoms with Crippen LogP contribution in [-0.2, 0) is 20.9 Å². The van der Waals surface area contributed by atoms with Crippen LogP contribution in [0.1, 0.15) is 16.4 Å². The lowest BCUT2D eigenvalue weighted by Gasteiger charge is -2.31. The monoisotopic (exact) mass is 685 g/mol. The van der Waals surface area contributed by atoms with E-state index in [4.69, 9.17) is 37.4 Å². The Labute approximate surface area is 275 Å². The van der Waals surface area contributed by atoms with Crippen LogP contribution in [0.25, 0.3) is 0 Å². The third-order valence-corrected chi connectivity index (χ3v) is 11.0. The van der Waals surface area contributed by atoms with Crippen LogP contribution in [0.2, 0.25) is 10.0 Å². The Kier molecular flexibility index (Phi) is 8.57. The number of hydrogen-bond donors (Lipinski definition) is 1. The van der Waals surface area contributed by atoms with Gasteiger partial charge in [-0.3, -0.25) is 23.7 Å². The van der Waals surface area contributed by atoms with E-state index in [-0.39, 0.29) is 11.6 Å². The van der Waals surface area contributed by atoms with E-state index in [0.29, 0.717) is 49.1 Å². The third kappa shape index (κ3) is 5.56. The van der Waals surface area contributed by atoms with Gasteiger partial charge in [-0.05, 0) is 60.2 Å². The molecular formula is C31H25Cl2N3O7S2. The highest BCUT2D eigenvalue weighted by Crippen LogP contribution is 2.54. The number of ether oxygens (including phenoxy) is 3. The zero-order chi connectivity index (χ0) is 32.0. The van der Waals surface area contributed by atoms with Crippen molar-refractivity contribution in [3.8, 4) is 17.2 Å². The van der Waals surface area contributed by atoms with E-state index in [0.717, 1.165) is 23.1 Å². The maximum atomic E-state index is 14.1. The first-order valence-electron chi connectivity index (χ1n) is 13.5. The molecule has 3 heterocycles. The molecule has 1 N–H and O–H groups in total. The van der Waals surface area contributed by atoms with Gasteiger partial charge in [-0.1, -0.05) is 52.4 Å². The summed E-state index contributed by atoms with van der Waals surface area (Å²) in [5.74, 6) is -1.29. The Bertz CT molecular complexity index is 1890. The molecule has 3 aromatic carbocycles. The largest absolute Gasteiger partial charge is 0.497 e. The molecule has 2 aliphatic rings. The lowest BCUT2D eigenvalue weighted by molar-refractivity contribution is -0.122. The topological polar surface area (TPSA) is 116 Å². The molecule has 10 nitrogen and oxygen atoms in total. The lowest BCUT2D eigenvalue weighted by atomic mass is 9.83. The van der Waals surface area contributed by atoms with Crippen LogP contribution in [0.15, 0.2) is 70.5 Å². The van der Waals surface area contributed by atoms with Crippen LogP contribution >= 0.6 is 46.3 Å². The van der Waals surface area contributed by atoms with Crippen molar-refractivity contribution in [2.24, 2.45) is 5.92 Å². The maximum absolute atomic E-state index is 14.1. The highest BCUT2D eigenvalue weighted by Gasteiger charge is 2.57. The van der Waals surface area contributed by atoms with Crippen molar-refractivity contribution in [3.63, 3.8) is 0 Å². The highest BCUT2D eigenvalue weighted by atomic mass is 35.5. The maximum Gasteiger partial charge on any atom is 0.308 e. The molecule has 45 heavy (non-hydrogen) atoms. The number of aromatic nitrogens is 1. The molecule has 3 atom stereocenters. The van der Waals surface area contributed by atoms with E-state index in [1.165, 1.54) is 36.9 Å². The number of rotatable bonds is 8. The molecule has 6 rings (SSSR count). The summed E-state index contributed by atoms with van der Waals surface area (Å²) in [4.78, 5) is 56.1. The summed E-state index contributed by atoms with van der Waals surface area (Å²) in [6.07, 6.45) is 0. The van der Waals surface area contributed by atoms with Crippen molar-refractivity contribution in [1.82, 2.24) is 4.57 Å². The van der Waals surface area contributed by atoms with Crippen LogP contribution in [-0.4, -0.2) is 48.9 Å². The second kappa shape index (κ2) is 12.4. The number of nitrogens with one attached hydrogen (secondary N) is 1. The van der Waals surface area contributed by atoms with Gasteiger partial charge in [-0.15, -0.1) is 0 Å². The predicted molar refractivity (Wildman–Crippen MR) is 174 cm³/mol. The van der Waals surface area contributed by atoms with Crippen molar-refractivity contribution < 1.29 is 28.6 Å². The summed E-state index contributed by atoms with van der Waals surface area (Å²) in [6.45, 7) is -0.321. The number of carbonyl (C=O) groups is 3. The molecule has 0 spiro atoms. The zero-order valence-corrected chi connectivity index (χ0v) is 27.2. The zero-order valence-electron chi connectivity index (χ0n) is 24.0. The van der Waals surface area contributed by atoms with Gasteiger partial charge in [-0.2, -0.15) is 0 Å². The van der Waals surface area contributed by atoms with Gasteiger partial charge in [0.25, 0.3) is 0 Å². The molecule has 4 aromatic rings. The standard InChI is InChI=1S/C31H25Cl2N3O7S2/c1-41-18-8-6-17(7-9-18)36-28(38)25-24(15-4-11-21(42-2)22(12-15)43-3)27-30(44-26(25)29(36)39)35(31(40)45-27)14-23(37)34-16-5-10-19(32)20(33)13-16/h4-13,24-26H,14H2,1-3H3,(H,34,37)/t24-,25?,26?/m1/s1. The van der Waals surface area contributed by atoms with Gasteiger partial charge in [0, 0.05) is 16.5 Å².